The van der Waals surface area contributed by atoms with Gasteiger partial charge in [0.15, 0.2) is 17.5 Å². The van der Waals surface area contributed by atoms with Gasteiger partial charge in [0.1, 0.15) is 5.75 Å². The first kappa shape index (κ1) is 19.0. The van der Waals surface area contributed by atoms with Crippen LogP contribution in [0, 0.1) is 10.1 Å². The number of ether oxygens (including phenoxy) is 1. The fraction of sp³-hybridized carbons (Fsp3) is 0.118. The molecule has 0 spiro atoms. The number of nitro groups is 1. The predicted molar refractivity (Wildman–Crippen MR) is 99.4 cm³/mol. The smallest absolute Gasteiger partial charge is 0.269 e. The Kier molecular flexibility index (Phi) is 6.34. The van der Waals surface area contributed by atoms with Crippen LogP contribution < -0.4 is 15.4 Å². The molecule has 0 aliphatic rings. The zero-order valence-corrected chi connectivity index (χ0v) is 14.5. The summed E-state index contributed by atoms with van der Waals surface area (Å²) in [5.74, 6) is -0.262. The highest BCUT2D eigenvalue weighted by atomic mass is 32.1. The molecule has 134 valence electrons. The molecular weight excluding hydrogens is 358 g/mol. The van der Waals surface area contributed by atoms with E-state index < -0.39 is 10.8 Å². The number of hydrogen-bond donors (Lipinski definition) is 2. The summed E-state index contributed by atoms with van der Waals surface area (Å²) in [6.45, 7) is 1.14. The van der Waals surface area contributed by atoms with Crippen LogP contribution in [-0.4, -0.2) is 28.3 Å². The molecule has 0 aliphatic carbocycles. The summed E-state index contributed by atoms with van der Waals surface area (Å²) in [7, 11) is 0. The van der Waals surface area contributed by atoms with E-state index in [9.17, 15) is 19.7 Å². The summed E-state index contributed by atoms with van der Waals surface area (Å²) >= 11 is 5.04. The van der Waals surface area contributed by atoms with Gasteiger partial charge >= 0.3 is 0 Å². The van der Waals surface area contributed by atoms with Crippen LogP contribution in [0.2, 0.25) is 0 Å². The lowest BCUT2D eigenvalue weighted by molar-refractivity contribution is -0.384. The fourth-order valence-electron chi connectivity index (χ4n) is 1.95. The summed E-state index contributed by atoms with van der Waals surface area (Å²) in [6, 6.07) is 12.0. The van der Waals surface area contributed by atoms with Crippen molar-refractivity contribution in [1.29, 1.82) is 0 Å². The number of nitrogens with one attached hydrogen (secondary N) is 2. The van der Waals surface area contributed by atoms with Gasteiger partial charge < -0.3 is 10.1 Å². The second kappa shape index (κ2) is 8.67. The van der Waals surface area contributed by atoms with E-state index in [-0.39, 0.29) is 23.2 Å². The van der Waals surface area contributed by atoms with E-state index in [2.05, 4.69) is 10.6 Å². The Hall–Kier alpha value is -3.33. The second-order valence-electron chi connectivity index (χ2n) is 5.18. The van der Waals surface area contributed by atoms with E-state index in [0.717, 1.165) is 0 Å². The molecule has 2 N–H and O–H groups in total. The van der Waals surface area contributed by atoms with Crippen LogP contribution in [0.25, 0.3) is 0 Å². The lowest BCUT2D eigenvalue weighted by Gasteiger charge is -2.11. The van der Waals surface area contributed by atoms with Crippen molar-refractivity contribution < 1.29 is 19.2 Å². The van der Waals surface area contributed by atoms with Crippen LogP contribution in [0.1, 0.15) is 17.3 Å². The number of Topliss-reactive ketones (excluding diaryl/α,β-unsaturated/α-hetero) is 1. The number of anilines is 1. The Labute approximate surface area is 154 Å². The third kappa shape index (κ3) is 5.64. The topological polar surface area (TPSA) is 111 Å². The number of thiocarbonyl (C=S) groups is 1. The molecule has 0 fully saturated rings. The lowest BCUT2D eigenvalue weighted by Crippen LogP contribution is -2.37. The average Bonchev–Trinajstić information content (AvgIpc) is 2.60. The molecular formula is C17H15N3O5S. The Morgan fingerprint density at radius 3 is 2.50 bits per heavy atom. The molecule has 8 nitrogen and oxygen atoms in total. The van der Waals surface area contributed by atoms with E-state index in [1.165, 1.54) is 31.2 Å². The molecule has 26 heavy (non-hydrogen) atoms. The van der Waals surface area contributed by atoms with Gasteiger partial charge in [-0.15, -0.1) is 0 Å². The molecule has 0 aliphatic heterocycles. The molecule has 0 saturated carbocycles. The first-order valence-corrected chi connectivity index (χ1v) is 7.85. The Bertz CT molecular complexity index is 852. The molecule has 0 aromatic heterocycles. The van der Waals surface area contributed by atoms with Crippen LogP contribution >= 0.6 is 12.2 Å². The van der Waals surface area contributed by atoms with E-state index in [0.29, 0.717) is 17.0 Å². The molecule has 9 heteroatoms. The van der Waals surface area contributed by atoms with Gasteiger partial charge in [0.2, 0.25) is 0 Å². The lowest BCUT2D eigenvalue weighted by atomic mass is 10.1. The zero-order valence-electron chi connectivity index (χ0n) is 13.7. The number of carbonyl (C=O) groups is 2. The third-order valence-corrected chi connectivity index (χ3v) is 3.40. The quantitative estimate of drug-likeness (QED) is 0.347. The standard InChI is InChI=1S/C17H15N3O5S/c1-11(21)12-3-2-4-13(9-12)18-17(26)19-16(22)10-25-15-7-5-14(6-8-15)20(23)24/h2-9H,10H2,1H3,(H2,18,19,22,26). The predicted octanol–water partition coefficient (Wildman–Crippen LogP) is 2.69. The van der Waals surface area contributed by atoms with E-state index in [4.69, 9.17) is 17.0 Å². The molecule has 2 aromatic rings. The minimum atomic E-state index is -0.526. The van der Waals surface area contributed by atoms with Gasteiger partial charge in [0.05, 0.1) is 4.92 Å². The Morgan fingerprint density at radius 1 is 1.19 bits per heavy atom. The Morgan fingerprint density at radius 2 is 1.88 bits per heavy atom. The second-order valence-corrected chi connectivity index (χ2v) is 5.59. The van der Waals surface area contributed by atoms with Crippen molar-refractivity contribution >= 4 is 40.4 Å². The number of nitro benzene ring substituents is 1. The van der Waals surface area contributed by atoms with Crippen molar-refractivity contribution in [2.75, 3.05) is 11.9 Å². The highest BCUT2D eigenvalue weighted by molar-refractivity contribution is 7.80. The first-order valence-electron chi connectivity index (χ1n) is 7.44. The van der Waals surface area contributed by atoms with Crippen molar-refractivity contribution in [3.63, 3.8) is 0 Å². The number of rotatable bonds is 6. The van der Waals surface area contributed by atoms with Crippen molar-refractivity contribution in [1.82, 2.24) is 5.32 Å². The maximum absolute atomic E-state index is 11.8. The first-order chi connectivity index (χ1) is 12.3. The maximum Gasteiger partial charge on any atom is 0.269 e. The summed E-state index contributed by atoms with van der Waals surface area (Å²) in [5.41, 5.74) is 1.02. The maximum atomic E-state index is 11.8. The molecule has 2 aromatic carbocycles. The molecule has 2 rings (SSSR count). The SMILES string of the molecule is CC(=O)c1cccc(NC(=S)NC(=O)COc2ccc([N+](=O)[O-])cc2)c1. The van der Waals surface area contributed by atoms with E-state index >= 15 is 0 Å². The molecule has 0 atom stereocenters. The summed E-state index contributed by atoms with van der Waals surface area (Å²) in [6.07, 6.45) is 0. The van der Waals surface area contributed by atoms with Gasteiger partial charge in [0.25, 0.3) is 11.6 Å². The van der Waals surface area contributed by atoms with Gasteiger partial charge in [-0.05, 0) is 43.4 Å². The zero-order chi connectivity index (χ0) is 19.1. The minimum absolute atomic E-state index is 0.0583. The Balaban J connectivity index is 1.83. The van der Waals surface area contributed by atoms with Gasteiger partial charge in [-0.2, -0.15) is 0 Å². The summed E-state index contributed by atoms with van der Waals surface area (Å²) in [4.78, 5) is 33.2. The molecule has 0 saturated heterocycles. The van der Waals surface area contributed by atoms with Crippen LogP contribution in [0.5, 0.6) is 5.75 Å². The molecule has 1 amide bonds. The van der Waals surface area contributed by atoms with Crippen LogP contribution in [0.15, 0.2) is 48.5 Å². The van der Waals surface area contributed by atoms with E-state index in [1.54, 1.807) is 24.3 Å². The number of amides is 1. The molecule has 0 heterocycles. The van der Waals surface area contributed by atoms with Crippen LogP contribution in [0.4, 0.5) is 11.4 Å². The third-order valence-electron chi connectivity index (χ3n) is 3.20. The van der Waals surface area contributed by atoms with Crippen molar-refractivity contribution in [2.24, 2.45) is 0 Å². The molecule has 0 unspecified atom stereocenters. The van der Waals surface area contributed by atoms with Crippen molar-refractivity contribution in [2.45, 2.75) is 6.92 Å². The number of ketones is 1. The number of hydrogen-bond acceptors (Lipinski definition) is 6. The number of non-ortho nitro benzene ring substituents is 1. The number of nitrogens with zero attached hydrogens (tertiary/aromatic N) is 1. The van der Waals surface area contributed by atoms with Gasteiger partial charge in [0, 0.05) is 23.4 Å². The molecule has 0 radical (unpaired) electrons. The van der Waals surface area contributed by atoms with Crippen molar-refractivity contribution in [3.8, 4) is 5.75 Å². The summed E-state index contributed by atoms with van der Waals surface area (Å²) < 4.78 is 5.24. The monoisotopic (exact) mass is 373 g/mol. The van der Waals surface area contributed by atoms with Gasteiger partial charge in [-0.3, -0.25) is 25.0 Å². The van der Waals surface area contributed by atoms with Gasteiger partial charge in [-0.25, -0.2) is 0 Å². The van der Waals surface area contributed by atoms with Gasteiger partial charge in [-0.1, -0.05) is 12.1 Å². The number of carbonyl (C=O) groups excluding carboxylic acids is 2. The largest absolute Gasteiger partial charge is 0.484 e. The highest BCUT2D eigenvalue weighted by Crippen LogP contribution is 2.17. The minimum Gasteiger partial charge on any atom is -0.484 e. The van der Waals surface area contributed by atoms with Crippen LogP contribution in [-0.2, 0) is 4.79 Å². The summed E-state index contributed by atoms with van der Waals surface area (Å²) in [5, 5.41) is 15.9. The highest BCUT2D eigenvalue weighted by Gasteiger charge is 2.09. The number of benzene rings is 2. The van der Waals surface area contributed by atoms with Crippen molar-refractivity contribution in [3.05, 3.63) is 64.2 Å². The fourth-order valence-corrected chi connectivity index (χ4v) is 2.19. The normalized spacial score (nSPS) is 9.88. The average molecular weight is 373 g/mol. The molecule has 0 bridgehead atoms. The van der Waals surface area contributed by atoms with Crippen LogP contribution in [0.3, 0.4) is 0 Å². The van der Waals surface area contributed by atoms with E-state index in [1.807, 2.05) is 0 Å².